The van der Waals surface area contributed by atoms with Crippen molar-refractivity contribution >= 4 is 5.69 Å². The Hall–Kier alpha value is -1.06. The molecule has 0 saturated heterocycles. The van der Waals surface area contributed by atoms with Crippen LogP contribution in [0.1, 0.15) is 18.1 Å². The number of hydrazine groups is 1. The number of nitrogens with two attached hydrogens (primary N) is 1. The van der Waals surface area contributed by atoms with Crippen molar-refractivity contribution < 1.29 is 0 Å². The third kappa shape index (κ3) is 1.66. The number of hydrogen-bond donors (Lipinski definition) is 2. The molecule has 0 aliphatic carbocycles. The van der Waals surface area contributed by atoms with Crippen molar-refractivity contribution in [3.8, 4) is 0 Å². The standard InChI is InChI=1S/C10H15N3/c1-2-13-7-9-5-10(11)4-3-8(9)6-12-13/h3-5,12H,2,6-7,11H2,1H3. The van der Waals surface area contributed by atoms with Gasteiger partial charge in [0.25, 0.3) is 0 Å². The topological polar surface area (TPSA) is 41.3 Å². The number of hydrogen-bond acceptors (Lipinski definition) is 3. The van der Waals surface area contributed by atoms with Gasteiger partial charge < -0.3 is 5.73 Å². The van der Waals surface area contributed by atoms with Gasteiger partial charge in [-0.05, 0) is 23.3 Å². The van der Waals surface area contributed by atoms with Gasteiger partial charge >= 0.3 is 0 Å². The molecule has 1 aliphatic rings. The van der Waals surface area contributed by atoms with Crippen LogP contribution >= 0.6 is 0 Å². The Morgan fingerprint density at radius 3 is 3.08 bits per heavy atom. The van der Waals surface area contributed by atoms with Crippen LogP contribution in [0.25, 0.3) is 0 Å². The zero-order valence-corrected chi connectivity index (χ0v) is 7.88. The van der Waals surface area contributed by atoms with Crippen LogP contribution in [-0.4, -0.2) is 11.6 Å². The molecule has 0 atom stereocenters. The van der Waals surface area contributed by atoms with Gasteiger partial charge in [0, 0.05) is 25.3 Å². The first-order valence-electron chi connectivity index (χ1n) is 4.65. The third-order valence-electron chi connectivity index (χ3n) is 2.47. The average molecular weight is 177 g/mol. The molecule has 70 valence electrons. The predicted octanol–water partition coefficient (Wildman–Crippen LogP) is 1.11. The Morgan fingerprint density at radius 2 is 2.31 bits per heavy atom. The van der Waals surface area contributed by atoms with Gasteiger partial charge in [-0.15, -0.1) is 0 Å². The van der Waals surface area contributed by atoms with E-state index in [0.717, 1.165) is 25.3 Å². The second-order valence-corrected chi connectivity index (χ2v) is 3.38. The smallest absolute Gasteiger partial charge is 0.0385 e. The lowest BCUT2D eigenvalue weighted by Crippen LogP contribution is -2.40. The van der Waals surface area contributed by atoms with E-state index in [1.54, 1.807) is 0 Å². The largest absolute Gasteiger partial charge is 0.399 e. The average Bonchev–Trinajstić information content (AvgIpc) is 2.16. The molecule has 0 bridgehead atoms. The van der Waals surface area contributed by atoms with Gasteiger partial charge in [0.05, 0.1) is 0 Å². The molecule has 0 fully saturated rings. The molecular weight excluding hydrogens is 162 g/mol. The molecule has 0 amide bonds. The minimum atomic E-state index is 0.858. The molecule has 0 unspecified atom stereocenters. The van der Waals surface area contributed by atoms with Gasteiger partial charge in [0.15, 0.2) is 0 Å². The summed E-state index contributed by atoms with van der Waals surface area (Å²) in [5, 5.41) is 2.20. The molecule has 1 aliphatic heterocycles. The minimum absolute atomic E-state index is 0.858. The van der Waals surface area contributed by atoms with Gasteiger partial charge in [0.2, 0.25) is 0 Å². The van der Waals surface area contributed by atoms with E-state index < -0.39 is 0 Å². The lowest BCUT2D eigenvalue weighted by atomic mass is 10.0. The van der Waals surface area contributed by atoms with Crippen LogP contribution in [0.2, 0.25) is 0 Å². The molecule has 2 rings (SSSR count). The summed E-state index contributed by atoms with van der Waals surface area (Å²) in [5.41, 5.74) is 12.6. The zero-order chi connectivity index (χ0) is 9.26. The second kappa shape index (κ2) is 3.36. The van der Waals surface area contributed by atoms with Gasteiger partial charge in [-0.1, -0.05) is 13.0 Å². The van der Waals surface area contributed by atoms with Gasteiger partial charge in [0.1, 0.15) is 0 Å². The number of anilines is 1. The molecule has 1 aromatic carbocycles. The van der Waals surface area contributed by atoms with Crippen LogP contribution in [0.3, 0.4) is 0 Å². The van der Waals surface area contributed by atoms with E-state index in [-0.39, 0.29) is 0 Å². The summed E-state index contributed by atoms with van der Waals surface area (Å²) in [4.78, 5) is 0. The Balaban J connectivity index is 2.27. The zero-order valence-electron chi connectivity index (χ0n) is 7.88. The van der Waals surface area contributed by atoms with Gasteiger partial charge in [-0.25, -0.2) is 5.01 Å². The van der Waals surface area contributed by atoms with Crippen LogP contribution < -0.4 is 11.2 Å². The monoisotopic (exact) mass is 177 g/mol. The molecule has 13 heavy (non-hydrogen) atoms. The van der Waals surface area contributed by atoms with E-state index in [4.69, 9.17) is 5.73 Å². The maximum absolute atomic E-state index is 5.73. The quantitative estimate of drug-likeness (QED) is 0.631. The third-order valence-corrected chi connectivity index (χ3v) is 2.47. The Labute approximate surface area is 78.5 Å². The van der Waals surface area contributed by atoms with Crippen molar-refractivity contribution in [3.05, 3.63) is 29.3 Å². The number of nitrogen functional groups attached to an aromatic ring is 1. The molecule has 0 radical (unpaired) electrons. The van der Waals surface area contributed by atoms with E-state index in [2.05, 4.69) is 29.5 Å². The van der Waals surface area contributed by atoms with Gasteiger partial charge in [-0.3, -0.25) is 5.43 Å². The number of rotatable bonds is 1. The number of benzene rings is 1. The highest BCUT2D eigenvalue weighted by Crippen LogP contribution is 2.18. The number of fused-ring (bicyclic) bond motifs is 1. The fraction of sp³-hybridized carbons (Fsp3) is 0.400. The van der Waals surface area contributed by atoms with Crippen molar-refractivity contribution in [2.24, 2.45) is 0 Å². The first-order chi connectivity index (χ1) is 6.29. The normalized spacial score (nSPS) is 17.0. The fourth-order valence-electron chi connectivity index (χ4n) is 1.65. The molecule has 3 nitrogen and oxygen atoms in total. The van der Waals surface area contributed by atoms with Gasteiger partial charge in [-0.2, -0.15) is 0 Å². The van der Waals surface area contributed by atoms with Crippen molar-refractivity contribution in [2.45, 2.75) is 20.0 Å². The first-order valence-corrected chi connectivity index (χ1v) is 4.65. The first kappa shape index (κ1) is 8.53. The Bertz CT molecular complexity index is 309. The van der Waals surface area contributed by atoms with Crippen molar-refractivity contribution in [2.75, 3.05) is 12.3 Å². The molecule has 0 aromatic heterocycles. The highest BCUT2D eigenvalue weighted by molar-refractivity contribution is 5.45. The summed E-state index contributed by atoms with van der Waals surface area (Å²) >= 11 is 0. The maximum Gasteiger partial charge on any atom is 0.0385 e. The summed E-state index contributed by atoms with van der Waals surface area (Å²) in [6.07, 6.45) is 0. The minimum Gasteiger partial charge on any atom is -0.399 e. The molecule has 0 saturated carbocycles. The van der Waals surface area contributed by atoms with E-state index in [9.17, 15) is 0 Å². The van der Waals surface area contributed by atoms with Crippen LogP contribution in [0.5, 0.6) is 0 Å². The summed E-state index contributed by atoms with van der Waals surface area (Å²) in [6, 6.07) is 6.13. The van der Waals surface area contributed by atoms with Crippen molar-refractivity contribution in [1.29, 1.82) is 0 Å². The molecule has 1 aromatic rings. The summed E-state index contributed by atoms with van der Waals surface area (Å²) in [6.45, 7) is 5.04. The van der Waals surface area contributed by atoms with Crippen LogP contribution in [0.4, 0.5) is 5.69 Å². The highest BCUT2D eigenvalue weighted by atomic mass is 15.5. The molecular formula is C10H15N3. The second-order valence-electron chi connectivity index (χ2n) is 3.38. The lowest BCUT2D eigenvalue weighted by molar-refractivity contribution is 0.169. The molecule has 3 N–H and O–H groups in total. The van der Waals surface area contributed by atoms with E-state index in [0.29, 0.717) is 0 Å². The maximum atomic E-state index is 5.73. The van der Waals surface area contributed by atoms with Crippen molar-refractivity contribution in [1.82, 2.24) is 10.4 Å². The summed E-state index contributed by atoms with van der Waals surface area (Å²) in [5.74, 6) is 0. The predicted molar refractivity (Wildman–Crippen MR) is 53.8 cm³/mol. The molecule has 1 heterocycles. The van der Waals surface area contributed by atoms with Crippen LogP contribution in [-0.2, 0) is 13.1 Å². The SMILES string of the molecule is CCN1Cc2cc(N)ccc2CN1. The Kier molecular flexibility index (Phi) is 2.20. The van der Waals surface area contributed by atoms with E-state index in [1.165, 1.54) is 11.1 Å². The summed E-state index contributed by atoms with van der Waals surface area (Å²) in [7, 11) is 0. The highest BCUT2D eigenvalue weighted by Gasteiger charge is 2.13. The van der Waals surface area contributed by atoms with E-state index in [1.807, 2.05) is 6.07 Å². The van der Waals surface area contributed by atoms with Crippen LogP contribution in [0.15, 0.2) is 18.2 Å². The number of nitrogens with zero attached hydrogens (tertiary/aromatic N) is 1. The van der Waals surface area contributed by atoms with E-state index >= 15 is 0 Å². The van der Waals surface area contributed by atoms with Crippen molar-refractivity contribution in [3.63, 3.8) is 0 Å². The van der Waals surface area contributed by atoms with Crippen LogP contribution in [0, 0.1) is 0 Å². The number of nitrogens with one attached hydrogen (secondary N) is 1. The Morgan fingerprint density at radius 1 is 1.46 bits per heavy atom. The fourth-order valence-corrected chi connectivity index (χ4v) is 1.65. The molecule has 0 spiro atoms. The lowest BCUT2D eigenvalue weighted by Gasteiger charge is -2.28. The molecule has 3 heteroatoms. The summed E-state index contributed by atoms with van der Waals surface area (Å²) < 4.78 is 0.